The van der Waals surface area contributed by atoms with Crippen molar-refractivity contribution in [2.75, 3.05) is 11.4 Å². The molecule has 0 atom stereocenters. The van der Waals surface area contributed by atoms with Gasteiger partial charge in [-0.1, -0.05) is 11.6 Å². The van der Waals surface area contributed by atoms with Crippen molar-refractivity contribution in [3.8, 4) is 0 Å². The van der Waals surface area contributed by atoms with E-state index in [0.29, 0.717) is 0 Å². The fourth-order valence-electron chi connectivity index (χ4n) is 1.54. The average Bonchev–Trinajstić information content (AvgIpc) is 2.24. The molecule has 0 aliphatic rings. The van der Waals surface area contributed by atoms with Gasteiger partial charge in [-0.25, -0.2) is 4.98 Å². The van der Waals surface area contributed by atoms with Crippen LogP contribution in [-0.2, 0) is 0 Å². The van der Waals surface area contributed by atoms with Crippen molar-refractivity contribution in [1.29, 1.82) is 5.41 Å². The van der Waals surface area contributed by atoms with E-state index in [9.17, 15) is 13.2 Å². The normalized spacial score (nSPS) is 11.7. The molecule has 0 spiro atoms. The summed E-state index contributed by atoms with van der Waals surface area (Å²) in [6, 6.07) is 0.939. The number of aromatic nitrogens is 1. The minimum Gasteiger partial charge on any atom is -0.384 e. The van der Waals surface area contributed by atoms with Crippen LogP contribution in [0.1, 0.15) is 19.4 Å². The summed E-state index contributed by atoms with van der Waals surface area (Å²) in [7, 11) is 0. The van der Waals surface area contributed by atoms with Crippen LogP contribution in [0.3, 0.4) is 0 Å². The summed E-state index contributed by atoms with van der Waals surface area (Å²) >= 11 is 5.98. The summed E-state index contributed by atoms with van der Waals surface area (Å²) < 4.78 is 37.7. The Morgan fingerprint density at radius 1 is 1.53 bits per heavy atom. The molecule has 4 nitrogen and oxygen atoms in total. The van der Waals surface area contributed by atoms with Crippen LogP contribution in [0.2, 0.25) is 5.02 Å². The van der Waals surface area contributed by atoms with E-state index in [0.717, 1.165) is 4.90 Å². The molecule has 0 saturated carbocycles. The van der Waals surface area contributed by atoms with Gasteiger partial charge in [-0.05, 0) is 19.9 Å². The number of hydrogen-bond acceptors (Lipinski definition) is 3. The second-order valence-electron chi connectivity index (χ2n) is 4.25. The van der Waals surface area contributed by atoms with Crippen molar-refractivity contribution in [2.45, 2.75) is 26.1 Å². The van der Waals surface area contributed by atoms with Gasteiger partial charge in [-0.3, -0.25) is 5.41 Å². The van der Waals surface area contributed by atoms with Crippen LogP contribution in [0.4, 0.5) is 19.0 Å². The molecule has 0 amide bonds. The Labute approximate surface area is 113 Å². The topological polar surface area (TPSA) is 66.0 Å². The van der Waals surface area contributed by atoms with Gasteiger partial charge < -0.3 is 10.6 Å². The van der Waals surface area contributed by atoms with Crippen LogP contribution in [-0.4, -0.2) is 29.6 Å². The minimum absolute atomic E-state index is 0.0262. The number of alkyl halides is 3. The van der Waals surface area contributed by atoms with Gasteiger partial charge in [0, 0.05) is 17.8 Å². The summed E-state index contributed by atoms with van der Waals surface area (Å²) in [5.41, 5.74) is 5.48. The predicted molar refractivity (Wildman–Crippen MR) is 68.8 cm³/mol. The minimum atomic E-state index is -4.37. The Morgan fingerprint density at radius 2 is 2.11 bits per heavy atom. The number of rotatable bonds is 4. The van der Waals surface area contributed by atoms with E-state index in [1.807, 2.05) is 0 Å². The SMILES string of the molecule is CC(C)N(CC(F)(F)F)c1nccc(C(=N)N)c1Cl. The summed E-state index contributed by atoms with van der Waals surface area (Å²) in [4.78, 5) is 4.89. The molecule has 3 N–H and O–H groups in total. The number of halogens is 4. The molecular formula is C11H14ClF3N4. The molecule has 0 radical (unpaired) electrons. The maximum absolute atomic E-state index is 12.6. The van der Waals surface area contributed by atoms with Gasteiger partial charge in [-0.2, -0.15) is 13.2 Å². The quantitative estimate of drug-likeness (QED) is 0.663. The zero-order valence-electron chi connectivity index (χ0n) is 10.4. The smallest absolute Gasteiger partial charge is 0.384 e. The van der Waals surface area contributed by atoms with E-state index in [1.54, 1.807) is 13.8 Å². The summed E-state index contributed by atoms with van der Waals surface area (Å²) in [5, 5.41) is 7.28. The molecule has 1 aromatic heterocycles. The second-order valence-corrected chi connectivity index (χ2v) is 4.62. The van der Waals surface area contributed by atoms with E-state index >= 15 is 0 Å². The number of anilines is 1. The fraction of sp³-hybridized carbons (Fsp3) is 0.455. The fourth-order valence-corrected chi connectivity index (χ4v) is 1.86. The third-order valence-electron chi connectivity index (χ3n) is 2.41. The molecule has 0 aliphatic heterocycles. The Bertz CT molecular complexity index is 473. The number of nitrogens with two attached hydrogens (primary N) is 1. The molecule has 0 aliphatic carbocycles. The van der Waals surface area contributed by atoms with Crippen molar-refractivity contribution in [1.82, 2.24) is 4.98 Å². The zero-order chi connectivity index (χ0) is 14.8. The molecule has 0 bridgehead atoms. The highest BCUT2D eigenvalue weighted by Gasteiger charge is 2.33. The van der Waals surface area contributed by atoms with Crippen molar-refractivity contribution in [2.24, 2.45) is 5.73 Å². The first-order chi connectivity index (χ1) is 8.63. The Balaban J connectivity index is 3.24. The third-order valence-corrected chi connectivity index (χ3v) is 2.78. The van der Waals surface area contributed by atoms with Crippen LogP contribution in [0.25, 0.3) is 0 Å². The van der Waals surface area contributed by atoms with E-state index < -0.39 is 18.8 Å². The number of amidine groups is 1. The highest BCUT2D eigenvalue weighted by molar-refractivity contribution is 6.36. The van der Waals surface area contributed by atoms with Crippen molar-refractivity contribution >= 4 is 23.3 Å². The van der Waals surface area contributed by atoms with Crippen LogP contribution in [0, 0.1) is 5.41 Å². The lowest BCUT2D eigenvalue weighted by molar-refractivity contribution is -0.120. The zero-order valence-corrected chi connectivity index (χ0v) is 11.2. The lowest BCUT2D eigenvalue weighted by Crippen LogP contribution is -2.40. The summed E-state index contributed by atoms with van der Waals surface area (Å²) in [6.45, 7) is 2.03. The molecule has 1 rings (SSSR count). The van der Waals surface area contributed by atoms with Crippen LogP contribution in [0.5, 0.6) is 0 Å². The van der Waals surface area contributed by atoms with Crippen molar-refractivity contribution in [3.05, 3.63) is 22.8 Å². The summed E-state index contributed by atoms with van der Waals surface area (Å²) in [6.07, 6.45) is -3.09. The molecular weight excluding hydrogens is 281 g/mol. The molecule has 106 valence electrons. The van der Waals surface area contributed by atoms with Crippen molar-refractivity contribution in [3.63, 3.8) is 0 Å². The van der Waals surface area contributed by atoms with E-state index in [2.05, 4.69) is 4.98 Å². The van der Waals surface area contributed by atoms with Gasteiger partial charge >= 0.3 is 6.18 Å². The third kappa shape index (κ3) is 3.99. The maximum Gasteiger partial charge on any atom is 0.405 e. The van der Waals surface area contributed by atoms with Crippen LogP contribution >= 0.6 is 11.6 Å². The lowest BCUT2D eigenvalue weighted by atomic mass is 10.2. The van der Waals surface area contributed by atoms with Gasteiger partial charge in [0.05, 0.1) is 5.02 Å². The predicted octanol–water partition coefficient (Wildman–Crippen LogP) is 2.80. The second kappa shape index (κ2) is 5.64. The van der Waals surface area contributed by atoms with Gasteiger partial charge in [-0.15, -0.1) is 0 Å². The monoisotopic (exact) mass is 294 g/mol. The Hall–Kier alpha value is -1.50. The van der Waals surface area contributed by atoms with Gasteiger partial charge in [0.1, 0.15) is 18.2 Å². The Kier molecular flexibility index (Phi) is 4.62. The maximum atomic E-state index is 12.6. The number of nitrogens with one attached hydrogen (secondary N) is 1. The van der Waals surface area contributed by atoms with E-state index in [1.165, 1.54) is 12.3 Å². The highest BCUT2D eigenvalue weighted by atomic mass is 35.5. The first-order valence-corrected chi connectivity index (χ1v) is 5.83. The highest BCUT2D eigenvalue weighted by Crippen LogP contribution is 2.30. The number of pyridine rings is 1. The number of hydrogen-bond donors (Lipinski definition) is 2. The molecule has 0 saturated heterocycles. The van der Waals surface area contributed by atoms with Gasteiger partial charge in [0.2, 0.25) is 0 Å². The number of nitrogen functional groups attached to an aromatic ring is 1. The van der Waals surface area contributed by atoms with Gasteiger partial charge in [0.15, 0.2) is 0 Å². The summed E-state index contributed by atoms with van der Waals surface area (Å²) in [5.74, 6) is -0.342. The molecule has 19 heavy (non-hydrogen) atoms. The lowest BCUT2D eigenvalue weighted by Gasteiger charge is -2.29. The van der Waals surface area contributed by atoms with Crippen LogP contribution < -0.4 is 10.6 Å². The molecule has 0 aromatic carbocycles. The Morgan fingerprint density at radius 3 is 2.53 bits per heavy atom. The molecule has 0 fully saturated rings. The number of nitrogens with zero attached hydrogens (tertiary/aromatic N) is 2. The van der Waals surface area contributed by atoms with Crippen LogP contribution in [0.15, 0.2) is 12.3 Å². The van der Waals surface area contributed by atoms with Gasteiger partial charge in [0.25, 0.3) is 0 Å². The largest absolute Gasteiger partial charge is 0.405 e. The first kappa shape index (κ1) is 15.6. The molecule has 0 unspecified atom stereocenters. The van der Waals surface area contributed by atoms with E-state index in [-0.39, 0.29) is 22.2 Å². The van der Waals surface area contributed by atoms with E-state index in [4.69, 9.17) is 22.7 Å². The molecule has 8 heteroatoms. The van der Waals surface area contributed by atoms with Crippen molar-refractivity contribution < 1.29 is 13.2 Å². The molecule has 1 aromatic rings. The first-order valence-electron chi connectivity index (χ1n) is 5.45. The standard InChI is InChI=1S/C11H14ClF3N4/c1-6(2)19(5-11(13,14)15)10-8(12)7(9(16)17)3-4-18-10/h3-4,6H,5H2,1-2H3,(H3,16,17). The average molecular weight is 295 g/mol. The molecule has 1 heterocycles.